The number of rotatable bonds is 8. The normalized spacial score (nSPS) is 11.8. The average molecular weight is 298 g/mol. The first-order chi connectivity index (χ1) is 9.37. The molecule has 0 radical (unpaired) electrons. The summed E-state index contributed by atoms with van der Waals surface area (Å²) in [6.07, 6.45) is 1.68. The van der Waals surface area contributed by atoms with Gasteiger partial charge in [0, 0.05) is 19.5 Å². The molecule has 0 aromatic heterocycles. The number of unbranched alkanes of at least 4 members (excludes halogenated alkanes) is 1. The predicted octanol–water partition coefficient (Wildman–Crippen LogP) is 1.66. The molecule has 0 aliphatic heterocycles. The fourth-order valence-corrected chi connectivity index (χ4v) is 3.26. The van der Waals surface area contributed by atoms with Gasteiger partial charge in [-0.2, -0.15) is 4.31 Å². The maximum Gasteiger partial charge on any atom is 0.243 e. The molecular formula is C14H22N2O3S. The molecule has 1 aromatic carbocycles. The monoisotopic (exact) mass is 298 g/mol. The van der Waals surface area contributed by atoms with Crippen molar-refractivity contribution in [2.75, 3.05) is 13.1 Å². The van der Waals surface area contributed by atoms with Gasteiger partial charge in [-0.15, -0.1) is 0 Å². The Morgan fingerprint density at radius 3 is 2.30 bits per heavy atom. The highest BCUT2D eigenvalue weighted by atomic mass is 32.2. The maximum atomic E-state index is 12.5. The molecule has 5 nitrogen and oxygen atoms in total. The molecule has 0 aliphatic carbocycles. The molecule has 112 valence electrons. The summed E-state index contributed by atoms with van der Waals surface area (Å²) >= 11 is 0. The first kappa shape index (κ1) is 16.7. The molecule has 0 saturated heterocycles. The zero-order valence-electron chi connectivity index (χ0n) is 12.0. The second-order valence-electron chi connectivity index (χ2n) is 4.79. The molecule has 1 aromatic rings. The van der Waals surface area contributed by atoms with E-state index in [0.29, 0.717) is 6.54 Å². The van der Waals surface area contributed by atoms with Crippen molar-refractivity contribution < 1.29 is 13.2 Å². The third kappa shape index (κ3) is 4.61. The fourth-order valence-electron chi connectivity index (χ4n) is 1.78. The van der Waals surface area contributed by atoms with Gasteiger partial charge in [-0.1, -0.05) is 31.0 Å². The highest BCUT2D eigenvalue weighted by molar-refractivity contribution is 7.89. The van der Waals surface area contributed by atoms with Gasteiger partial charge in [0.15, 0.2) is 0 Å². The number of hydrogen-bond acceptors (Lipinski definition) is 3. The fraction of sp³-hybridized carbons (Fsp3) is 0.500. The molecule has 0 fully saturated rings. The van der Waals surface area contributed by atoms with Gasteiger partial charge >= 0.3 is 0 Å². The zero-order chi connectivity index (χ0) is 15.2. The van der Waals surface area contributed by atoms with Crippen molar-refractivity contribution in [2.45, 2.75) is 38.0 Å². The van der Waals surface area contributed by atoms with Gasteiger partial charge < -0.3 is 5.73 Å². The standard InChI is InChI=1S/C14H22N2O3S/c1-3-4-10-16(11-9-14(15)17)20(18,19)13-7-5-12(2)6-8-13/h5-8H,3-4,9-11H2,1-2H3,(H2,15,17). The summed E-state index contributed by atoms with van der Waals surface area (Å²) in [5.41, 5.74) is 6.11. The van der Waals surface area contributed by atoms with Gasteiger partial charge in [-0.25, -0.2) is 8.42 Å². The van der Waals surface area contributed by atoms with E-state index in [1.54, 1.807) is 24.3 Å². The van der Waals surface area contributed by atoms with Crippen LogP contribution in [-0.4, -0.2) is 31.7 Å². The second kappa shape index (κ2) is 7.40. The van der Waals surface area contributed by atoms with Crippen LogP contribution in [-0.2, 0) is 14.8 Å². The summed E-state index contributed by atoms with van der Waals surface area (Å²) in [5, 5.41) is 0. The molecule has 0 unspecified atom stereocenters. The van der Waals surface area contributed by atoms with Gasteiger partial charge in [0.05, 0.1) is 4.90 Å². The number of aryl methyl sites for hydroxylation is 1. The van der Waals surface area contributed by atoms with E-state index in [1.165, 1.54) is 4.31 Å². The summed E-state index contributed by atoms with van der Waals surface area (Å²) in [4.78, 5) is 11.1. The number of hydrogen-bond donors (Lipinski definition) is 1. The van der Waals surface area contributed by atoms with Gasteiger partial charge in [0.25, 0.3) is 0 Å². The van der Waals surface area contributed by atoms with Gasteiger partial charge in [-0.05, 0) is 25.5 Å². The van der Waals surface area contributed by atoms with Crippen molar-refractivity contribution in [2.24, 2.45) is 5.73 Å². The quantitative estimate of drug-likeness (QED) is 0.792. The molecule has 2 N–H and O–H groups in total. The van der Waals surface area contributed by atoms with E-state index in [9.17, 15) is 13.2 Å². The van der Waals surface area contributed by atoms with Crippen LogP contribution >= 0.6 is 0 Å². The van der Waals surface area contributed by atoms with E-state index in [2.05, 4.69) is 0 Å². The maximum absolute atomic E-state index is 12.5. The minimum absolute atomic E-state index is 0.0365. The largest absolute Gasteiger partial charge is 0.370 e. The Labute approximate surface area is 120 Å². The summed E-state index contributed by atoms with van der Waals surface area (Å²) in [5.74, 6) is -0.495. The number of nitrogens with two attached hydrogens (primary N) is 1. The number of carbonyl (C=O) groups is 1. The lowest BCUT2D eigenvalue weighted by atomic mass is 10.2. The molecule has 0 bridgehead atoms. The van der Waals surface area contributed by atoms with Crippen LogP contribution in [0.4, 0.5) is 0 Å². The minimum atomic E-state index is -3.56. The van der Waals surface area contributed by atoms with Gasteiger partial charge in [-0.3, -0.25) is 4.79 Å². The summed E-state index contributed by atoms with van der Waals surface area (Å²) in [6.45, 7) is 4.43. The number of carbonyl (C=O) groups excluding carboxylic acids is 1. The number of nitrogens with zero attached hydrogens (tertiary/aromatic N) is 1. The van der Waals surface area contributed by atoms with Crippen LogP contribution in [0.1, 0.15) is 31.7 Å². The Morgan fingerprint density at radius 1 is 1.20 bits per heavy atom. The first-order valence-electron chi connectivity index (χ1n) is 6.73. The highest BCUT2D eigenvalue weighted by Gasteiger charge is 2.23. The number of sulfonamides is 1. The minimum Gasteiger partial charge on any atom is -0.370 e. The topological polar surface area (TPSA) is 80.5 Å². The predicted molar refractivity (Wildman–Crippen MR) is 78.7 cm³/mol. The Hall–Kier alpha value is -1.40. The van der Waals surface area contributed by atoms with Crippen LogP contribution in [0.5, 0.6) is 0 Å². The van der Waals surface area contributed by atoms with Crippen molar-refractivity contribution in [3.05, 3.63) is 29.8 Å². The summed E-state index contributed by atoms with van der Waals surface area (Å²) in [6, 6.07) is 6.71. The van der Waals surface area contributed by atoms with E-state index in [1.807, 2.05) is 13.8 Å². The Morgan fingerprint density at radius 2 is 1.80 bits per heavy atom. The summed E-state index contributed by atoms with van der Waals surface area (Å²) in [7, 11) is -3.56. The van der Waals surface area contributed by atoms with Gasteiger partial charge in [0.2, 0.25) is 15.9 Å². The van der Waals surface area contributed by atoms with E-state index in [0.717, 1.165) is 18.4 Å². The average Bonchev–Trinajstić information content (AvgIpc) is 2.38. The van der Waals surface area contributed by atoms with E-state index in [4.69, 9.17) is 5.73 Å². The second-order valence-corrected chi connectivity index (χ2v) is 6.72. The lowest BCUT2D eigenvalue weighted by Gasteiger charge is -2.21. The van der Waals surface area contributed by atoms with E-state index in [-0.39, 0.29) is 17.9 Å². The van der Waals surface area contributed by atoms with Crippen molar-refractivity contribution in [3.8, 4) is 0 Å². The van der Waals surface area contributed by atoms with Crippen LogP contribution in [0.2, 0.25) is 0 Å². The molecule has 1 amide bonds. The molecular weight excluding hydrogens is 276 g/mol. The number of amides is 1. The van der Waals surface area contributed by atoms with Crippen LogP contribution in [0.3, 0.4) is 0 Å². The highest BCUT2D eigenvalue weighted by Crippen LogP contribution is 2.17. The van der Waals surface area contributed by atoms with Crippen LogP contribution < -0.4 is 5.73 Å². The van der Waals surface area contributed by atoms with Crippen LogP contribution in [0.15, 0.2) is 29.2 Å². The molecule has 6 heteroatoms. The lowest BCUT2D eigenvalue weighted by molar-refractivity contribution is -0.118. The smallest absolute Gasteiger partial charge is 0.243 e. The first-order valence-corrected chi connectivity index (χ1v) is 8.17. The van der Waals surface area contributed by atoms with Crippen LogP contribution in [0.25, 0.3) is 0 Å². The van der Waals surface area contributed by atoms with Crippen molar-refractivity contribution >= 4 is 15.9 Å². The van der Waals surface area contributed by atoms with Gasteiger partial charge in [0.1, 0.15) is 0 Å². The molecule has 0 saturated carbocycles. The molecule has 0 spiro atoms. The SMILES string of the molecule is CCCCN(CCC(N)=O)S(=O)(=O)c1ccc(C)cc1. The molecule has 0 aliphatic rings. The van der Waals surface area contributed by atoms with Crippen molar-refractivity contribution in [1.29, 1.82) is 0 Å². The molecule has 1 rings (SSSR count). The molecule has 20 heavy (non-hydrogen) atoms. The Kier molecular flexibility index (Phi) is 6.16. The summed E-state index contributed by atoms with van der Waals surface area (Å²) < 4.78 is 26.4. The van der Waals surface area contributed by atoms with Crippen LogP contribution in [0, 0.1) is 6.92 Å². The Balaban J connectivity index is 2.96. The zero-order valence-corrected chi connectivity index (χ0v) is 12.8. The molecule has 0 atom stereocenters. The third-order valence-electron chi connectivity index (χ3n) is 3.03. The van der Waals surface area contributed by atoms with Crippen molar-refractivity contribution in [1.82, 2.24) is 4.31 Å². The lowest BCUT2D eigenvalue weighted by Crippen LogP contribution is -2.34. The van der Waals surface area contributed by atoms with Crippen molar-refractivity contribution in [3.63, 3.8) is 0 Å². The number of primary amides is 1. The van der Waals surface area contributed by atoms with E-state index < -0.39 is 15.9 Å². The Bertz CT molecular complexity index is 538. The molecule has 0 heterocycles. The number of benzene rings is 1. The third-order valence-corrected chi connectivity index (χ3v) is 4.94. The van der Waals surface area contributed by atoms with E-state index >= 15 is 0 Å².